The van der Waals surface area contributed by atoms with Gasteiger partial charge in [-0.2, -0.15) is 0 Å². The first-order chi connectivity index (χ1) is 13.8. The predicted octanol–water partition coefficient (Wildman–Crippen LogP) is 1.72. The molecule has 8 heteroatoms. The number of aromatic nitrogens is 2. The molecule has 2 atom stereocenters. The molecule has 2 aromatic rings. The van der Waals surface area contributed by atoms with Crippen molar-refractivity contribution in [3.05, 3.63) is 53.7 Å². The van der Waals surface area contributed by atoms with Gasteiger partial charge in [0.25, 0.3) is 5.91 Å². The number of fused-ring (bicyclic) bond motifs is 1. The van der Waals surface area contributed by atoms with Crippen molar-refractivity contribution in [2.45, 2.75) is 38.2 Å². The summed E-state index contributed by atoms with van der Waals surface area (Å²) >= 11 is 0. The van der Waals surface area contributed by atoms with Crippen LogP contribution in [0, 0.1) is 5.92 Å². The molecule has 1 aliphatic heterocycles. The Morgan fingerprint density at radius 3 is 2.62 bits per heavy atom. The molecule has 0 unspecified atom stereocenters. The number of hydrogen-bond acceptors (Lipinski definition) is 6. The topological polar surface area (TPSA) is 133 Å². The number of nitrogens with two attached hydrogens (primary N) is 2. The summed E-state index contributed by atoms with van der Waals surface area (Å²) in [6.07, 6.45) is 5.65. The Morgan fingerprint density at radius 2 is 2.00 bits per heavy atom. The van der Waals surface area contributed by atoms with E-state index in [1.807, 2.05) is 26.0 Å². The van der Waals surface area contributed by atoms with Crippen LogP contribution in [0.25, 0.3) is 5.57 Å². The molecule has 1 aromatic carbocycles. The Balaban J connectivity index is 1.67. The summed E-state index contributed by atoms with van der Waals surface area (Å²) in [5, 5.41) is 2.92. The smallest absolute Gasteiger partial charge is 0.260 e. The van der Waals surface area contributed by atoms with Crippen LogP contribution in [0.4, 0.5) is 5.69 Å². The molecule has 1 aromatic heterocycles. The van der Waals surface area contributed by atoms with Gasteiger partial charge in [-0.05, 0) is 49.9 Å². The number of amides is 2. The van der Waals surface area contributed by atoms with Gasteiger partial charge >= 0.3 is 0 Å². The van der Waals surface area contributed by atoms with Crippen LogP contribution in [0.3, 0.4) is 0 Å². The van der Waals surface area contributed by atoms with Gasteiger partial charge in [-0.1, -0.05) is 0 Å². The Labute approximate surface area is 168 Å². The van der Waals surface area contributed by atoms with Crippen LogP contribution in [0.15, 0.2) is 36.8 Å². The lowest BCUT2D eigenvalue weighted by molar-refractivity contribution is -0.119. The lowest BCUT2D eigenvalue weighted by atomic mass is 9.97. The van der Waals surface area contributed by atoms with Crippen molar-refractivity contribution in [1.29, 1.82) is 0 Å². The third-order valence-electron chi connectivity index (χ3n) is 5.26. The first-order valence-corrected chi connectivity index (χ1v) is 9.45. The summed E-state index contributed by atoms with van der Waals surface area (Å²) in [6.45, 7) is 4.02. The highest BCUT2D eigenvalue weighted by Gasteiger charge is 2.45. The average molecular weight is 393 g/mol. The summed E-state index contributed by atoms with van der Waals surface area (Å²) in [5.41, 5.74) is 13.5. The molecule has 0 bridgehead atoms. The Bertz CT molecular complexity index is 1020. The van der Waals surface area contributed by atoms with Crippen LogP contribution in [-0.4, -0.2) is 27.4 Å². The lowest BCUT2D eigenvalue weighted by Crippen LogP contribution is -2.24. The average Bonchev–Trinajstić information content (AvgIpc) is 3.40. The maximum absolute atomic E-state index is 12.9. The number of rotatable bonds is 5. The predicted molar refractivity (Wildman–Crippen MR) is 108 cm³/mol. The van der Waals surface area contributed by atoms with Gasteiger partial charge in [0.2, 0.25) is 5.91 Å². The second kappa shape index (κ2) is 6.88. The van der Waals surface area contributed by atoms with E-state index in [0.717, 1.165) is 23.3 Å². The fourth-order valence-electron chi connectivity index (χ4n) is 3.81. The van der Waals surface area contributed by atoms with Crippen molar-refractivity contribution in [3.63, 3.8) is 0 Å². The molecule has 0 saturated heterocycles. The zero-order valence-corrected chi connectivity index (χ0v) is 16.3. The highest BCUT2D eigenvalue weighted by molar-refractivity contribution is 6.24. The highest BCUT2D eigenvalue weighted by atomic mass is 16.5. The summed E-state index contributed by atoms with van der Waals surface area (Å²) < 4.78 is 6.03. The van der Waals surface area contributed by atoms with E-state index >= 15 is 0 Å². The second-order valence-electron chi connectivity index (χ2n) is 8.04. The first kappa shape index (κ1) is 18.9. The normalized spacial score (nSPS) is 21.8. The van der Waals surface area contributed by atoms with E-state index in [-0.39, 0.29) is 34.7 Å². The number of ether oxygens (including phenoxy) is 1. The van der Waals surface area contributed by atoms with Gasteiger partial charge in [-0.15, -0.1) is 0 Å². The van der Waals surface area contributed by atoms with Gasteiger partial charge in [-0.25, -0.2) is 9.97 Å². The van der Waals surface area contributed by atoms with Crippen molar-refractivity contribution in [2.24, 2.45) is 17.4 Å². The number of primary amides is 1. The molecule has 2 aliphatic rings. The van der Waals surface area contributed by atoms with Gasteiger partial charge in [0.15, 0.2) is 5.82 Å². The van der Waals surface area contributed by atoms with Crippen molar-refractivity contribution in [1.82, 2.24) is 9.97 Å². The molecule has 0 spiro atoms. The molecule has 4 rings (SSSR count). The molecule has 1 fully saturated rings. The molecule has 0 radical (unpaired) electrons. The number of nitrogens with one attached hydrogen (secondary N) is 1. The molecule has 1 saturated carbocycles. The molecule has 29 heavy (non-hydrogen) atoms. The van der Waals surface area contributed by atoms with E-state index in [2.05, 4.69) is 15.3 Å². The molecule has 1 aliphatic carbocycles. The zero-order valence-electron chi connectivity index (χ0n) is 16.3. The van der Waals surface area contributed by atoms with E-state index in [1.54, 1.807) is 18.5 Å². The third kappa shape index (κ3) is 3.65. The Morgan fingerprint density at radius 1 is 1.28 bits per heavy atom. The van der Waals surface area contributed by atoms with E-state index in [0.29, 0.717) is 12.1 Å². The van der Waals surface area contributed by atoms with E-state index in [4.69, 9.17) is 16.2 Å². The quantitative estimate of drug-likeness (QED) is 0.662. The Hall–Kier alpha value is -3.42. The highest BCUT2D eigenvalue weighted by Crippen LogP contribution is 2.52. The molecular weight excluding hydrogens is 370 g/mol. The Kier molecular flexibility index (Phi) is 4.49. The van der Waals surface area contributed by atoms with Crippen molar-refractivity contribution in [3.8, 4) is 5.75 Å². The van der Waals surface area contributed by atoms with Gasteiger partial charge in [-0.3, -0.25) is 9.59 Å². The number of nitrogens with zero attached hydrogens (tertiary/aromatic N) is 2. The van der Waals surface area contributed by atoms with Gasteiger partial charge in [0.05, 0.1) is 5.57 Å². The van der Waals surface area contributed by atoms with Crippen molar-refractivity contribution >= 4 is 23.1 Å². The SMILES string of the molecule is CC1(C)Cc2cc(NC(=O)C(=CN)c3ncccn3)c([C@@H]3C[C@H]3C(N)=O)cc2O1. The molecule has 8 nitrogen and oxygen atoms in total. The van der Waals surface area contributed by atoms with Crippen LogP contribution in [0.1, 0.15) is 43.1 Å². The summed E-state index contributed by atoms with van der Waals surface area (Å²) in [6, 6.07) is 5.48. The minimum absolute atomic E-state index is 0.0429. The van der Waals surface area contributed by atoms with Gasteiger partial charge < -0.3 is 21.5 Å². The molecular formula is C21H23N5O3. The molecule has 150 valence electrons. The van der Waals surface area contributed by atoms with Gasteiger partial charge in [0, 0.05) is 42.2 Å². The maximum atomic E-state index is 12.9. The summed E-state index contributed by atoms with van der Waals surface area (Å²) in [7, 11) is 0. The number of benzene rings is 1. The molecule has 5 N–H and O–H groups in total. The maximum Gasteiger partial charge on any atom is 0.260 e. The number of carbonyl (C=O) groups excluding carboxylic acids is 2. The molecule has 2 amide bonds. The van der Waals surface area contributed by atoms with Crippen molar-refractivity contribution < 1.29 is 14.3 Å². The van der Waals surface area contributed by atoms with Gasteiger partial charge in [0.1, 0.15) is 11.4 Å². The second-order valence-corrected chi connectivity index (χ2v) is 8.04. The van der Waals surface area contributed by atoms with E-state index < -0.39 is 5.91 Å². The van der Waals surface area contributed by atoms with E-state index in [9.17, 15) is 9.59 Å². The van der Waals surface area contributed by atoms with Crippen LogP contribution >= 0.6 is 0 Å². The van der Waals surface area contributed by atoms with Crippen LogP contribution in [-0.2, 0) is 16.0 Å². The lowest BCUT2D eigenvalue weighted by Gasteiger charge is -2.17. The monoisotopic (exact) mass is 393 g/mol. The minimum atomic E-state index is -0.422. The molecule has 2 heterocycles. The van der Waals surface area contributed by atoms with Crippen LogP contribution < -0.4 is 21.5 Å². The van der Waals surface area contributed by atoms with Crippen LogP contribution in [0.5, 0.6) is 5.75 Å². The number of anilines is 1. The largest absolute Gasteiger partial charge is 0.487 e. The van der Waals surface area contributed by atoms with Crippen LogP contribution in [0.2, 0.25) is 0 Å². The third-order valence-corrected chi connectivity index (χ3v) is 5.26. The first-order valence-electron chi connectivity index (χ1n) is 9.45. The number of carbonyl (C=O) groups is 2. The standard InChI is InChI=1S/C21H23N5O3/c1-21(2)9-11-6-16(13(8-17(11)29-21)12-7-14(12)18(23)27)26-20(28)15(10-22)19-24-4-3-5-25-19/h3-6,8,10,12,14H,7,9,22H2,1-2H3,(H2,23,27)(H,26,28)/t12-,14+/m0/s1. The van der Waals surface area contributed by atoms with E-state index in [1.165, 1.54) is 6.20 Å². The van der Waals surface area contributed by atoms with Crippen molar-refractivity contribution in [2.75, 3.05) is 5.32 Å². The summed E-state index contributed by atoms with van der Waals surface area (Å²) in [5.74, 6) is -0.0254. The number of hydrogen-bond donors (Lipinski definition) is 3. The zero-order chi connectivity index (χ0) is 20.8. The fourth-order valence-corrected chi connectivity index (χ4v) is 3.81. The summed E-state index contributed by atoms with van der Waals surface area (Å²) in [4.78, 5) is 32.7. The minimum Gasteiger partial charge on any atom is -0.487 e. The fraction of sp³-hybridized carbons (Fsp3) is 0.333.